The first-order valence-corrected chi connectivity index (χ1v) is 8.71. The van der Waals surface area contributed by atoms with Crippen molar-refractivity contribution in [2.24, 2.45) is 0 Å². The molecule has 0 aliphatic carbocycles. The van der Waals surface area contributed by atoms with Gasteiger partial charge in [0.1, 0.15) is 20.6 Å². The summed E-state index contributed by atoms with van der Waals surface area (Å²) >= 11 is 2.02. The second kappa shape index (κ2) is 6.01. The largest absolute Gasteiger partial charge is 0.444 e. The first kappa shape index (κ1) is 17.2. The van der Waals surface area contributed by atoms with E-state index in [0.29, 0.717) is 34.1 Å². The van der Waals surface area contributed by atoms with E-state index in [2.05, 4.69) is 10.1 Å². The highest BCUT2D eigenvalue weighted by molar-refractivity contribution is 14.1. The van der Waals surface area contributed by atoms with Gasteiger partial charge in [-0.1, -0.05) is 0 Å². The predicted octanol–water partition coefficient (Wildman–Crippen LogP) is 2.94. The fraction of sp³-hybridized carbons (Fsp3) is 0.533. The van der Waals surface area contributed by atoms with Crippen LogP contribution < -0.4 is 5.73 Å². The zero-order chi connectivity index (χ0) is 17.6. The fourth-order valence-corrected chi connectivity index (χ4v) is 3.58. The summed E-state index contributed by atoms with van der Waals surface area (Å²) in [6.07, 6.45) is 1.41. The Morgan fingerprint density at radius 1 is 1.50 bits per heavy atom. The molecule has 24 heavy (non-hydrogen) atoms. The summed E-state index contributed by atoms with van der Waals surface area (Å²) < 4.78 is 21.9. The van der Waals surface area contributed by atoms with E-state index >= 15 is 0 Å². The van der Waals surface area contributed by atoms with Gasteiger partial charge in [-0.05, 0) is 49.8 Å². The Morgan fingerprint density at radius 2 is 2.21 bits per heavy atom. The van der Waals surface area contributed by atoms with Crippen LogP contribution in [0.4, 0.5) is 15.0 Å². The SMILES string of the molecule is CC(C)(C)OC(=O)N1CCC(n2nc(I)c3c(N)ncc(F)c32)C1. The monoisotopic (exact) mass is 447 g/mol. The van der Waals surface area contributed by atoms with Gasteiger partial charge in [0.25, 0.3) is 0 Å². The van der Waals surface area contributed by atoms with Gasteiger partial charge in [0.15, 0.2) is 5.82 Å². The zero-order valence-electron chi connectivity index (χ0n) is 13.7. The number of likely N-dealkylation sites (tertiary alicyclic amines) is 1. The number of amides is 1. The van der Waals surface area contributed by atoms with Crippen LogP contribution in [0, 0.1) is 9.52 Å². The van der Waals surface area contributed by atoms with E-state index in [1.807, 2.05) is 43.4 Å². The summed E-state index contributed by atoms with van der Waals surface area (Å²) in [6.45, 7) is 6.44. The summed E-state index contributed by atoms with van der Waals surface area (Å²) in [7, 11) is 0. The molecule has 1 amide bonds. The molecule has 0 saturated carbocycles. The fourth-order valence-electron chi connectivity index (χ4n) is 2.81. The molecule has 1 aliphatic heterocycles. The molecule has 7 nitrogen and oxygen atoms in total. The number of nitrogens with zero attached hydrogens (tertiary/aromatic N) is 4. The molecule has 3 rings (SSSR count). The van der Waals surface area contributed by atoms with Gasteiger partial charge in [-0.2, -0.15) is 5.10 Å². The van der Waals surface area contributed by atoms with Gasteiger partial charge in [-0.3, -0.25) is 4.68 Å². The molecule has 130 valence electrons. The summed E-state index contributed by atoms with van der Waals surface area (Å²) in [4.78, 5) is 17.7. The summed E-state index contributed by atoms with van der Waals surface area (Å²) in [5.74, 6) is -0.214. The average Bonchev–Trinajstić information content (AvgIpc) is 3.06. The molecule has 2 aromatic rings. The molecule has 1 unspecified atom stereocenters. The normalized spacial score (nSPS) is 18.4. The van der Waals surface area contributed by atoms with Gasteiger partial charge >= 0.3 is 6.09 Å². The smallest absolute Gasteiger partial charge is 0.410 e. The van der Waals surface area contributed by atoms with E-state index in [1.54, 1.807) is 9.58 Å². The van der Waals surface area contributed by atoms with Gasteiger partial charge in [-0.15, -0.1) is 0 Å². The molecule has 1 atom stereocenters. The van der Waals surface area contributed by atoms with Crippen molar-refractivity contribution < 1.29 is 13.9 Å². The van der Waals surface area contributed by atoms with Crippen LogP contribution in [0.5, 0.6) is 0 Å². The topological polar surface area (TPSA) is 86.3 Å². The van der Waals surface area contributed by atoms with Crippen LogP contribution in [-0.4, -0.2) is 44.4 Å². The Balaban J connectivity index is 1.88. The second-order valence-electron chi connectivity index (χ2n) is 6.82. The number of nitrogens with two attached hydrogens (primary N) is 1. The molecule has 2 aromatic heterocycles. The third-order valence-electron chi connectivity index (χ3n) is 3.83. The van der Waals surface area contributed by atoms with Crippen molar-refractivity contribution in [3.05, 3.63) is 15.7 Å². The second-order valence-corrected chi connectivity index (χ2v) is 7.84. The van der Waals surface area contributed by atoms with E-state index in [-0.39, 0.29) is 18.0 Å². The zero-order valence-corrected chi connectivity index (χ0v) is 15.9. The van der Waals surface area contributed by atoms with E-state index < -0.39 is 11.4 Å². The number of carbonyl (C=O) groups is 1. The van der Waals surface area contributed by atoms with Crippen LogP contribution in [0.3, 0.4) is 0 Å². The molecule has 1 fully saturated rings. The van der Waals surface area contributed by atoms with Gasteiger partial charge in [0.05, 0.1) is 17.6 Å². The Labute approximate surface area is 152 Å². The van der Waals surface area contributed by atoms with Crippen LogP contribution in [-0.2, 0) is 4.74 Å². The molecule has 1 saturated heterocycles. The van der Waals surface area contributed by atoms with E-state index in [4.69, 9.17) is 10.5 Å². The number of aromatic nitrogens is 3. The summed E-state index contributed by atoms with van der Waals surface area (Å²) in [5.41, 5.74) is 5.65. The van der Waals surface area contributed by atoms with Crippen LogP contribution in [0.15, 0.2) is 6.20 Å². The Bertz CT molecular complexity index is 801. The molecular formula is C15H19FIN5O2. The lowest BCUT2D eigenvalue weighted by molar-refractivity contribution is 0.0288. The van der Waals surface area contributed by atoms with Crippen molar-refractivity contribution in [2.75, 3.05) is 18.8 Å². The molecule has 0 aromatic carbocycles. The minimum absolute atomic E-state index is 0.125. The number of hydrogen-bond acceptors (Lipinski definition) is 5. The third kappa shape index (κ3) is 3.13. The molecular weight excluding hydrogens is 428 g/mol. The highest BCUT2D eigenvalue weighted by atomic mass is 127. The molecule has 0 radical (unpaired) electrons. The minimum atomic E-state index is -0.546. The number of nitrogen functional groups attached to an aromatic ring is 1. The predicted molar refractivity (Wildman–Crippen MR) is 96.1 cm³/mol. The lowest BCUT2D eigenvalue weighted by Crippen LogP contribution is -2.35. The minimum Gasteiger partial charge on any atom is -0.444 e. The number of anilines is 1. The number of carbonyl (C=O) groups excluding carboxylic acids is 1. The molecule has 1 aliphatic rings. The number of hydrogen-bond donors (Lipinski definition) is 1. The Kier molecular flexibility index (Phi) is 4.30. The summed E-state index contributed by atoms with van der Waals surface area (Å²) in [6, 6.07) is -0.125. The molecule has 9 heteroatoms. The lowest BCUT2D eigenvalue weighted by atomic mass is 10.2. The molecule has 0 bridgehead atoms. The van der Waals surface area contributed by atoms with Crippen LogP contribution in [0.1, 0.15) is 33.2 Å². The van der Waals surface area contributed by atoms with Gasteiger partial charge < -0.3 is 15.4 Å². The molecule has 0 spiro atoms. The Hall–Kier alpha value is -1.65. The maximum absolute atomic E-state index is 14.3. The number of rotatable bonds is 1. The van der Waals surface area contributed by atoms with Crippen LogP contribution >= 0.6 is 22.6 Å². The van der Waals surface area contributed by atoms with Crippen molar-refractivity contribution >= 4 is 45.4 Å². The standard InChI is InChI=1S/C15H19FIN5O2/c1-15(2,3)24-14(23)21-5-4-8(7-21)22-11-9(16)6-19-13(18)10(11)12(17)20-22/h6,8H,4-5,7H2,1-3H3,(H2,18,19). The van der Waals surface area contributed by atoms with Gasteiger partial charge in [0.2, 0.25) is 0 Å². The van der Waals surface area contributed by atoms with E-state index in [1.165, 1.54) is 0 Å². The molecule has 3 heterocycles. The highest BCUT2D eigenvalue weighted by Crippen LogP contribution is 2.32. The first-order valence-electron chi connectivity index (χ1n) is 7.63. The number of ether oxygens (including phenoxy) is 1. The first-order chi connectivity index (χ1) is 11.2. The lowest BCUT2D eigenvalue weighted by Gasteiger charge is -2.24. The maximum Gasteiger partial charge on any atom is 0.410 e. The summed E-state index contributed by atoms with van der Waals surface area (Å²) in [5, 5.41) is 4.95. The van der Waals surface area contributed by atoms with Crippen molar-refractivity contribution in [3.63, 3.8) is 0 Å². The Morgan fingerprint density at radius 3 is 2.88 bits per heavy atom. The van der Waals surface area contributed by atoms with Crippen molar-refractivity contribution in [3.8, 4) is 0 Å². The maximum atomic E-state index is 14.3. The van der Waals surface area contributed by atoms with Gasteiger partial charge in [-0.25, -0.2) is 14.2 Å². The van der Waals surface area contributed by atoms with Crippen molar-refractivity contribution in [2.45, 2.75) is 38.8 Å². The molecule has 2 N–H and O–H groups in total. The third-order valence-corrected chi connectivity index (χ3v) is 4.58. The van der Waals surface area contributed by atoms with Crippen LogP contribution in [0.2, 0.25) is 0 Å². The van der Waals surface area contributed by atoms with E-state index in [9.17, 15) is 9.18 Å². The highest BCUT2D eigenvalue weighted by Gasteiger charge is 2.33. The quantitative estimate of drug-likeness (QED) is 0.680. The van der Waals surface area contributed by atoms with E-state index in [0.717, 1.165) is 6.20 Å². The number of fused-ring (bicyclic) bond motifs is 1. The van der Waals surface area contributed by atoms with Crippen molar-refractivity contribution in [1.29, 1.82) is 0 Å². The van der Waals surface area contributed by atoms with Crippen LogP contribution in [0.25, 0.3) is 10.9 Å². The van der Waals surface area contributed by atoms with Crippen molar-refractivity contribution in [1.82, 2.24) is 19.7 Å². The average molecular weight is 447 g/mol. The number of halogens is 2. The van der Waals surface area contributed by atoms with Gasteiger partial charge in [0, 0.05) is 13.1 Å². The number of pyridine rings is 1.